The maximum atomic E-state index is 11.7. The van der Waals surface area contributed by atoms with Crippen LogP contribution in [-0.2, 0) is 10.0 Å². The number of rotatable bonds is 3. The van der Waals surface area contributed by atoms with E-state index >= 15 is 0 Å². The summed E-state index contributed by atoms with van der Waals surface area (Å²) in [5.74, 6) is 0.616. The first kappa shape index (κ1) is 13.5. The molecule has 2 N–H and O–H groups in total. The molecular formula is C15H12N2O3S. The average molecular weight is 300 g/mol. The van der Waals surface area contributed by atoms with Gasteiger partial charge in [-0.05, 0) is 17.7 Å². The largest absolute Gasteiger partial charge is 0.444 e. The first-order valence-corrected chi connectivity index (χ1v) is 7.71. The number of nitrogens with zero attached hydrogens (tertiary/aromatic N) is 1. The van der Waals surface area contributed by atoms with E-state index in [4.69, 9.17) is 9.56 Å². The van der Waals surface area contributed by atoms with Crippen molar-refractivity contribution in [2.45, 2.75) is 4.90 Å². The molecule has 1 aromatic heterocycles. The summed E-state index contributed by atoms with van der Waals surface area (Å²) in [4.78, 5) is 3.97. The summed E-state index contributed by atoms with van der Waals surface area (Å²) in [5.41, 5.74) is 2.11. The van der Waals surface area contributed by atoms with Crippen molar-refractivity contribution in [1.82, 2.24) is 4.98 Å². The number of hydrogen-bond donors (Lipinski definition) is 1. The summed E-state index contributed by atoms with van der Waals surface area (Å²) in [7, 11) is -3.78. The van der Waals surface area contributed by atoms with Crippen LogP contribution in [0, 0.1) is 0 Å². The van der Waals surface area contributed by atoms with E-state index in [-0.39, 0.29) is 4.90 Å². The third-order valence-corrected chi connectivity index (χ3v) is 4.05. The number of primary sulfonamides is 1. The summed E-state index contributed by atoms with van der Waals surface area (Å²) < 4.78 is 28.6. The second-order valence-electron chi connectivity index (χ2n) is 4.49. The van der Waals surface area contributed by atoms with E-state index in [1.165, 1.54) is 12.5 Å². The number of hydrogen-bond acceptors (Lipinski definition) is 4. The van der Waals surface area contributed by atoms with Gasteiger partial charge in [-0.1, -0.05) is 36.4 Å². The third-order valence-electron chi connectivity index (χ3n) is 3.08. The molecule has 0 aliphatic heterocycles. The van der Waals surface area contributed by atoms with Gasteiger partial charge in [-0.25, -0.2) is 18.5 Å². The standard InChI is InChI=1S/C15H12N2O3S/c16-21(18,19)15-7-2-1-6-13(15)11-4-3-5-12(8-11)14-9-17-10-20-14/h1-10H,(H2,16,18,19). The van der Waals surface area contributed by atoms with Crippen LogP contribution in [-0.4, -0.2) is 13.4 Å². The van der Waals surface area contributed by atoms with Crippen molar-refractivity contribution >= 4 is 10.0 Å². The van der Waals surface area contributed by atoms with Crippen LogP contribution in [0.5, 0.6) is 0 Å². The first-order chi connectivity index (χ1) is 10.1. The molecule has 106 valence electrons. The van der Waals surface area contributed by atoms with Gasteiger partial charge in [0.15, 0.2) is 12.2 Å². The van der Waals surface area contributed by atoms with Crippen LogP contribution in [0.25, 0.3) is 22.5 Å². The zero-order chi connectivity index (χ0) is 14.9. The Morgan fingerprint density at radius 3 is 2.48 bits per heavy atom. The Bertz CT molecular complexity index is 871. The van der Waals surface area contributed by atoms with Gasteiger partial charge in [0.05, 0.1) is 11.1 Å². The van der Waals surface area contributed by atoms with E-state index in [9.17, 15) is 8.42 Å². The molecule has 0 unspecified atom stereocenters. The van der Waals surface area contributed by atoms with Crippen LogP contribution in [0.4, 0.5) is 0 Å². The highest BCUT2D eigenvalue weighted by Crippen LogP contribution is 2.30. The van der Waals surface area contributed by atoms with E-state index in [0.717, 1.165) is 11.1 Å². The second kappa shape index (κ2) is 5.16. The highest BCUT2D eigenvalue weighted by Gasteiger charge is 2.15. The number of benzene rings is 2. The highest BCUT2D eigenvalue weighted by atomic mass is 32.2. The molecule has 0 bridgehead atoms. The SMILES string of the molecule is NS(=O)(=O)c1ccccc1-c1cccc(-c2cnco2)c1. The fraction of sp³-hybridized carbons (Fsp3) is 0. The molecule has 0 aliphatic carbocycles. The summed E-state index contributed by atoms with van der Waals surface area (Å²) in [6.07, 6.45) is 2.95. The van der Waals surface area contributed by atoms with E-state index in [2.05, 4.69) is 4.98 Å². The Morgan fingerprint density at radius 2 is 1.76 bits per heavy atom. The van der Waals surface area contributed by atoms with Crippen molar-refractivity contribution in [3.05, 3.63) is 61.1 Å². The van der Waals surface area contributed by atoms with Crippen molar-refractivity contribution in [3.63, 3.8) is 0 Å². The van der Waals surface area contributed by atoms with Gasteiger partial charge in [-0.2, -0.15) is 0 Å². The fourth-order valence-corrected chi connectivity index (χ4v) is 2.91. The topological polar surface area (TPSA) is 86.2 Å². The molecule has 0 aliphatic rings. The summed E-state index contributed by atoms with van der Waals surface area (Å²) in [6.45, 7) is 0. The second-order valence-corrected chi connectivity index (χ2v) is 6.02. The molecule has 5 nitrogen and oxygen atoms in total. The van der Waals surface area contributed by atoms with Gasteiger partial charge in [-0.3, -0.25) is 0 Å². The molecule has 0 spiro atoms. The molecule has 0 atom stereocenters. The molecule has 3 rings (SSSR count). The van der Waals surface area contributed by atoms with Crippen molar-refractivity contribution < 1.29 is 12.8 Å². The zero-order valence-electron chi connectivity index (χ0n) is 10.9. The minimum atomic E-state index is -3.78. The Balaban J connectivity index is 2.17. The van der Waals surface area contributed by atoms with Crippen molar-refractivity contribution in [3.8, 4) is 22.5 Å². The molecular weight excluding hydrogens is 288 g/mol. The Hall–Kier alpha value is -2.44. The lowest BCUT2D eigenvalue weighted by atomic mass is 10.0. The van der Waals surface area contributed by atoms with Crippen LogP contribution in [0.1, 0.15) is 0 Å². The lowest BCUT2D eigenvalue weighted by Gasteiger charge is -2.08. The summed E-state index contributed by atoms with van der Waals surface area (Å²) in [6, 6.07) is 14.0. The molecule has 3 aromatic rings. The van der Waals surface area contributed by atoms with Crippen molar-refractivity contribution in [2.24, 2.45) is 5.14 Å². The Morgan fingerprint density at radius 1 is 1.00 bits per heavy atom. The lowest BCUT2D eigenvalue weighted by molar-refractivity contribution is 0.572. The van der Waals surface area contributed by atoms with Gasteiger partial charge < -0.3 is 4.42 Å². The van der Waals surface area contributed by atoms with Gasteiger partial charge in [0.25, 0.3) is 0 Å². The van der Waals surface area contributed by atoms with Crippen LogP contribution in [0.3, 0.4) is 0 Å². The molecule has 21 heavy (non-hydrogen) atoms. The van der Waals surface area contributed by atoms with Crippen molar-refractivity contribution in [2.75, 3.05) is 0 Å². The molecule has 0 saturated heterocycles. The van der Waals surface area contributed by atoms with E-state index in [1.807, 2.05) is 24.3 Å². The van der Waals surface area contributed by atoms with E-state index in [1.54, 1.807) is 24.4 Å². The summed E-state index contributed by atoms with van der Waals surface area (Å²) in [5, 5.41) is 5.27. The molecule has 2 aromatic carbocycles. The molecule has 0 amide bonds. The fourth-order valence-electron chi connectivity index (χ4n) is 2.15. The van der Waals surface area contributed by atoms with Gasteiger partial charge in [0.1, 0.15) is 0 Å². The average Bonchev–Trinajstić information content (AvgIpc) is 3.01. The quantitative estimate of drug-likeness (QED) is 0.805. The Kier molecular flexibility index (Phi) is 3.32. The van der Waals surface area contributed by atoms with E-state index in [0.29, 0.717) is 11.3 Å². The highest BCUT2D eigenvalue weighted by molar-refractivity contribution is 7.89. The predicted octanol–water partition coefficient (Wildman–Crippen LogP) is 2.66. The minimum absolute atomic E-state index is 0.0970. The molecule has 0 saturated carbocycles. The van der Waals surface area contributed by atoms with Crippen LogP contribution in [0.2, 0.25) is 0 Å². The van der Waals surface area contributed by atoms with Crippen LogP contribution < -0.4 is 5.14 Å². The maximum Gasteiger partial charge on any atom is 0.238 e. The number of oxazole rings is 1. The van der Waals surface area contributed by atoms with Gasteiger partial charge in [-0.15, -0.1) is 0 Å². The van der Waals surface area contributed by atoms with Crippen molar-refractivity contribution in [1.29, 1.82) is 0 Å². The Labute approximate surface area is 122 Å². The first-order valence-electron chi connectivity index (χ1n) is 6.17. The molecule has 0 fully saturated rings. The third kappa shape index (κ3) is 2.72. The number of sulfonamides is 1. The van der Waals surface area contributed by atoms with E-state index < -0.39 is 10.0 Å². The lowest BCUT2D eigenvalue weighted by Crippen LogP contribution is -2.13. The van der Waals surface area contributed by atoms with Gasteiger partial charge in [0, 0.05) is 11.1 Å². The maximum absolute atomic E-state index is 11.7. The monoisotopic (exact) mass is 300 g/mol. The minimum Gasteiger partial charge on any atom is -0.444 e. The molecule has 1 heterocycles. The summed E-state index contributed by atoms with van der Waals surface area (Å²) >= 11 is 0. The van der Waals surface area contributed by atoms with Crippen LogP contribution >= 0.6 is 0 Å². The molecule has 0 radical (unpaired) electrons. The molecule has 6 heteroatoms. The normalized spacial score (nSPS) is 11.5. The zero-order valence-corrected chi connectivity index (χ0v) is 11.7. The smallest absolute Gasteiger partial charge is 0.238 e. The van der Waals surface area contributed by atoms with Crippen LogP contribution in [0.15, 0.2) is 70.4 Å². The van der Waals surface area contributed by atoms with Gasteiger partial charge >= 0.3 is 0 Å². The number of nitrogens with two attached hydrogens (primary N) is 1. The predicted molar refractivity (Wildman–Crippen MR) is 78.7 cm³/mol. The number of aromatic nitrogens is 1. The van der Waals surface area contributed by atoms with Gasteiger partial charge in [0.2, 0.25) is 10.0 Å².